The highest BCUT2D eigenvalue weighted by atomic mass is 16.5. The Bertz CT molecular complexity index is 933. The smallest absolute Gasteiger partial charge is 0.224 e. The van der Waals surface area contributed by atoms with Gasteiger partial charge < -0.3 is 20.8 Å². The Hall–Kier alpha value is -3.28. The zero-order valence-electron chi connectivity index (χ0n) is 15.0. The molecule has 6 heteroatoms. The van der Waals surface area contributed by atoms with E-state index in [-0.39, 0.29) is 18.9 Å². The van der Waals surface area contributed by atoms with Gasteiger partial charge in [-0.25, -0.2) is 0 Å². The van der Waals surface area contributed by atoms with E-state index in [4.69, 9.17) is 10.5 Å². The standard InChI is InChI=1S/C21H23N3O3/c22-20(25)12-13-27-19-10-4-3-9-18(19)24-21(26)11-5-6-15-14-23-17-8-2-1-7-16(15)17/h1-4,7-10,14,23H,5-6,11-13H2,(H2,22,25)(H,24,26). The summed E-state index contributed by atoms with van der Waals surface area (Å²) in [5.74, 6) is 0.0401. The number of benzene rings is 2. The Morgan fingerprint density at radius 2 is 1.81 bits per heavy atom. The van der Waals surface area contributed by atoms with Gasteiger partial charge in [0.05, 0.1) is 18.7 Å². The number of nitrogens with two attached hydrogens (primary N) is 1. The van der Waals surface area contributed by atoms with E-state index in [0.29, 0.717) is 17.9 Å². The van der Waals surface area contributed by atoms with Crippen LogP contribution in [0.4, 0.5) is 5.69 Å². The molecule has 0 bridgehead atoms. The van der Waals surface area contributed by atoms with E-state index in [2.05, 4.69) is 16.4 Å². The van der Waals surface area contributed by atoms with Gasteiger partial charge in [-0.3, -0.25) is 9.59 Å². The van der Waals surface area contributed by atoms with Crippen LogP contribution in [0, 0.1) is 0 Å². The van der Waals surface area contributed by atoms with Gasteiger partial charge in [-0.1, -0.05) is 30.3 Å². The number of hydrogen-bond acceptors (Lipinski definition) is 3. The van der Waals surface area contributed by atoms with Crippen molar-refractivity contribution < 1.29 is 14.3 Å². The number of nitrogens with one attached hydrogen (secondary N) is 2. The lowest BCUT2D eigenvalue weighted by atomic mass is 10.1. The molecular weight excluding hydrogens is 342 g/mol. The van der Waals surface area contributed by atoms with E-state index in [1.807, 2.05) is 36.5 Å². The zero-order valence-corrected chi connectivity index (χ0v) is 15.0. The molecule has 140 valence electrons. The van der Waals surface area contributed by atoms with Crippen LogP contribution in [0.1, 0.15) is 24.8 Å². The summed E-state index contributed by atoms with van der Waals surface area (Å²) >= 11 is 0. The first-order chi connectivity index (χ1) is 13.1. The van der Waals surface area contributed by atoms with E-state index in [9.17, 15) is 9.59 Å². The fourth-order valence-electron chi connectivity index (χ4n) is 2.95. The fourth-order valence-corrected chi connectivity index (χ4v) is 2.95. The summed E-state index contributed by atoms with van der Waals surface area (Å²) in [4.78, 5) is 26.4. The van der Waals surface area contributed by atoms with Crippen molar-refractivity contribution in [3.8, 4) is 5.75 Å². The molecule has 0 atom stereocenters. The van der Waals surface area contributed by atoms with Crippen molar-refractivity contribution in [1.82, 2.24) is 4.98 Å². The molecule has 0 aliphatic carbocycles. The summed E-state index contributed by atoms with van der Waals surface area (Å²) in [6, 6.07) is 15.3. The van der Waals surface area contributed by atoms with Crippen molar-refractivity contribution in [3.05, 3.63) is 60.3 Å². The maximum atomic E-state index is 12.3. The molecule has 1 heterocycles. The van der Waals surface area contributed by atoms with Gasteiger partial charge in [0.25, 0.3) is 0 Å². The van der Waals surface area contributed by atoms with Crippen LogP contribution in [0.25, 0.3) is 10.9 Å². The number of H-pyrrole nitrogens is 1. The molecule has 1 aromatic heterocycles. The predicted octanol–water partition coefficient (Wildman–Crippen LogP) is 3.38. The fraction of sp³-hybridized carbons (Fsp3) is 0.238. The van der Waals surface area contributed by atoms with Crippen molar-refractivity contribution in [2.24, 2.45) is 5.73 Å². The zero-order chi connectivity index (χ0) is 19.1. The molecule has 2 amide bonds. The number of primary amides is 1. The normalized spacial score (nSPS) is 10.7. The number of aromatic amines is 1. The molecule has 3 rings (SSSR count). The van der Waals surface area contributed by atoms with Crippen LogP contribution in [0.3, 0.4) is 0 Å². The minimum Gasteiger partial charge on any atom is -0.491 e. The second kappa shape index (κ2) is 8.89. The molecular formula is C21H23N3O3. The molecule has 0 unspecified atom stereocenters. The SMILES string of the molecule is NC(=O)CCOc1ccccc1NC(=O)CCCc1c[nH]c2ccccc12. The Kier molecular flexibility index (Phi) is 6.10. The molecule has 0 aliphatic heterocycles. The number of aryl methyl sites for hydroxylation is 1. The van der Waals surface area contributed by atoms with Gasteiger partial charge in [-0.15, -0.1) is 0 Å². The number of rotatable bonds is 9. The third kappa shape index (κ3) is 5.10. The third-order valence-corrected chi connectivity index (χ3v) is 4.29. The number of anilines is 1. The Labute approximate surface area is 157 Å². The van der Waals surface area contributed by atoms with Crippen LogP contribution in [0.2, 0.25) is 0 Å². The summed E-state index contributed by atoms with van der Waals surface area (Å²) in [7, 11) is 0. The number of fused-ring (bicyclic) bond motifs is 1. The first-order valence-electron chi connectivity index (χ1n) is 8.98. The highest BCUT2D eigenvalue weighted by Gasteiger charge is 2.09. The van der Waals surface area contributed by atoms with Crippen molar-refractivity contribution in [3.63, 3.8) is 0 Å². The molecule has 0 saturated carbocycles. The summed E-state index contributed by atoms with van der Waals surface area (Å²) in [5.41, 5.74) is 8.04. The van der Waals surface area contributed by atoms with Crippen molar-refractivity contribution >= 4 is 28.4 Å². The van der Waals surface area contributed by atoms with Crippen LogP contribution in [0.15, 0.2) is 54.7 Å². The number of hydrogen-bond donors (Lipinski definition) is 3. The van der Waals surface area contributed by atoms with Gasteiger partial charge in [0.2, 0.25) is 11.8 Å². The lowest BCUT2D eigenvalue weighted by Crippen LogP contribution is -2.16. The summed E-state index contributed by atoms with van der Waals surface area (Å²) in [5, 5.41) is 4.08. The van der Waals surface area contributed by atoms with E-state index < -0.39 is 5.91 Å². The number of carbonyl (C=O) groups is 2. The molecule has 3 aromatic rings. The Morgan fingerprint density at radius 3 is 2.67 bits per heavy atom. The van der Waals surface area contributed by atoms with Gasteiger partial charge in [0.15, 0.2) is 0 Å². The van der Waals surface area contributed by atoms with E-state index in [1.165, 1.54) is 10.9 Å². The molecule has 4 N–H and O–H groups in total. The molecule has 0 fully saturated rings. The lowest BCUT2D eigenvalue weighted by molar-refractivity contribution is -0.118. The second-order valence-corrected chi connectivity index (χ2v) is 6.32. The van der Waals surface area contributed by atoms with Gasteiger partial charge in [0.1, 0.15) is 5.75 Å². The average molecular weight is 365 g/mol. The topological polar surface area (TPSA) is 97.2 Å². The largest absolute Gasteiger partial charge is 0.491 e. The molecule has 27 heavy (non-hydrogen) atoms. The first-order valence-corrected chi connectivity index (χ1v) is 8.98. The van der Waals surface area contributed by atoms with Crippen molar-refractivity contribution in [1.29, 1.82) is 0 Å². The number of para-hydroxylation sites is 3. The number of carbonyl (C=O) groups excluding carboxylic acids is 2. The van der Waals surface area contributed by atoms with Gasteiger partial charge in [-0.05, 0) is 36.6 Å². The summed E-state index contributed by atoms with van der Waals surface area (Å²) in [6.45, 7) is 0.183. The lowest BCUT2D eigenvalue weighted by Gasteiger charge is -2.12. The number of ether oxygens (including phenoxy) is 1. The van der Waals surface area contributed by atoms with Crippen LogP contribution in [-0.4, -0.2) is 23.4 Å². The molecule has 0 aliphatic rings. The van der Waals surface area contributed by atoms with Crippen LogP contribution < -0.4 is 15.8 Å². The summed E-state index contributed by atoms with van der Waals surface area (Å²) < 4.78 is 5.54. The number of amides is 2. The molecule has 0 radical (unpaired) electrons. The first kappa shape index (κ1) is 18.5. The maximum absolute atomic E-state index is 12.3. The van der Waals surface area contributed by atoms with Crippen molar-refractivity contribution in [2.75, 3.05) is 11.9 Å². The maximum Gasteiger partial charge on any atom is 0.224 e. The quantitative estimate of drug-likeness (QED) is 0.542. The molecule has 6 nitrogen and oxygen atoms in total. The van der Waals surface area contributed by atoms with E-state index >= 15 is 0 Å². The van der Waals surface area contributed by atoms with Crippen LogP contribution >= 0.6 is 0 Å². The monoisotopic (exact) mass is 365 g/mol. The third-order valence-electron chi connectivity index (χ3n) is 4.29. The Morgan fingerprint density at radius 1 is 1.04 bits per heavy atom. The minimum atomic E-state index is -0.422. The molecule has 0 spiro atoms. The van der Waals surface area contributed by atoms with Gasteiger partial charge >= 0.3 is 0 Å². The Balaban J connectivity index is 1.51. The van der Waals surface area contributed by atoms with Gasteiger partial charge in [0, 0.05) is 23.5 Å². The second-order valence-electron chi connectivity index (χ2n) is 6.32. The minimum absolute atomic E-state index is 0.0687. The molecule has 0 saturated heterocycles. The van der Waals surface area contributed by atoms with E-state index in [1.54, 1.807) is 12.1 Å². The van der Waals surface area contributed by atoms with E-state index in [0.717, 1.165) is 18.4 Å². The highest BCUT2D eigenvalue weighted by Crippen LogP contribution is 2.24. The van der Waals surface area contributed by atoms with Crippen molar-refractivity contribution in [2.45, 2.75) is 25.7 Å². The van der Waals surface area contributed by atoms with Gasteiger partial charge in [-0.2, -0.15) is 0 Å². The van der Waals surface area contributed by atoms with Crippen LogP contribution in [0.5, 0.6) is 5.75 Å². The number of aromatic nitrogens is 1. The average Bonchev–Trinajstić information content (AvgIpc) is 3.06. The summed E-state index contributed by atoms with van der Waals surface area (Å²) in [6.07, 6.45) is 4.12. The predicted molar refractivity (Wildman–Crippen MR) is 106 cm³/mol. The highest BCUT2D eigenvalue weighted by molar-refractivity contribution is 5.92. The van der Waals surface area contributed by atoms with Crippen LogP contribution in [-0.2, 0) is 16.0 Å². The molecule has 2 aromatic carbocycles.